The van der Waals surface area contributed by atoms with Crippen LogP contribution in [0.1, 0.15) is 38.3 Å². The van der Waals surface area contributed by atoms with Gasteiger partial charge in [0.25, 0.3) is 5.91 Å². The zero-order valence-corrected chi connectivity index (χ0v) is 14.3. The van der Waals surface area contributed by atoms with Crippen molar-refractivity contribution in [2.45, 2.75) is 13.3 Å². The van der Waals surface area contributed by atoms with Crippen LogP contribution in [0, 0.1) is 0 Å². The molecule has 2 aromatic heterocycles. The largest absolute Gasteiger partial charge is 0.331 e. The van der Waals surface area contributed by atoms with Crippen LogP contribution in [0.15, 0.2) is 48.1 Å². The molecule has 24 heavy (non-hydrogen) atoms. The molecule has 0 fully saturated rings. The van der Waals surface area contributed by atoms with Crippen LogP contribution in [-0.2, 0) is 13.5 Å². The van der Waals surface area contributed by atoms with E-state index in [-0.39, 0.29) is 11.7 Å². The topological polar surface area (TPSA) is 64.0 Å². The van der Waals surface area contributed by atoms with Crippen LogP contribution in [0.4, 0.5) is 5.69 Å². The third-order valence-corrected chi connectivity index (χ3v) is 4.72. The molecule has 0 aliphatic heterocycles. The zero-order chi connectivity index (χ0) is 17.1. The molecule has 0 unspecified atom stereocenters. The first-order valence-corrected chi connectivity index (χ1v) is 8.48. The lowest BCUT2D eigenvalue weighted by Gasteiger charge is -2.06. The number of nitrogens with zero attached hydrogens (tertiary/aromatic N) is 2. The molecule has 5 nitrogen and oxygen atoms in total. The third-order valence-electron chi connectivity index (χ3n) is 3.76. The Balaban J connectivity index is 1.74. The van der Waals surface area contributed by atoms with Crippen LogP contribution in [0.3, 0.4) is 0 Å². The zero-order valence-electron chi connectivity index (χ0n) is 13.4. The van der Waals surface area contributed by atoms with Crippen molar-refractivity contribution in [2.24, 2.45) is 7.05 Å². The molecule has 3 rings (SSSR count). The maximum atomic E-state index is 12.4. The van der Waals surface area contributed by atoms with Gasteiger partial charge in [-0.2, -0.15) is 0 Å². The molecule has 1 aromatic carbocycles. The summed E-state index contributed by atoms with van der Waals surface area (Å²) in [6.45, 7) is 2.02. The molecule has 0 saturated carbocycles. The quantitative estimate of drug-likeness (QED) is 0.723. The molecule has 0 bridgehead atoms. The van der Waals surface area contributed by atoms with Gasteiger partial charge in [0.05, 0.1) is 4.88 Å². The number of nitrogens with one attached hydrogen (secondary N) is 1. The van der Waals surface area contributed by atoms with Crippen LogP contribution in [0.5, 0.6) is 0 Å². The minimum Gasteiger partial charge on any atom is -0.331 e. The Bertz CT molecular complexity index is 878. The summed E-state index contributed by atoms with van der Waals surface area (Å²) in [6, 6.07) is 8.82. The predicted octanol–water partition coefficient (Wildman–Crippen LogP) is 3.53. The average Bonchev–Trinajstić information content (AvgIpc) is 3.23. The molecule has 0 spiro atoms. The molecule has 0 atom stereocenters. The van der Waals surface area contributed by atoms with Gasteiger partial charge >= 0.3 is 0 Å². The lowest BCUT2D eigenvalue weighted by atomic mass is 10.1. The number of benzene rings is 1. The van der Waals surface area contributed by atoms with Crippen molar-refractivity contribution in [2.75, 3.05) is 5.32 Å². The lowest BCUT2D eigenvalue weighted by Crippen LogP contribution is -2.12. The van der Waals surface area contributed by atoms with Gasteiger partial charge in [0.1, 0.15) is 0 Å². The Morgan fingerprint density at radius 1 is 1.21 bits per heavy atom. The molecular formula is C18H17N3O2S. The predicted molar refractivity (Wildman–Crippen MR) is 94.7 cm³/mol. The van der Waals surface area contributed by atoms with E-state index < -0.39 is 0 Å². The molecule has 0 saturated heterocycles. The third kappa shape index (κ3) is 3.14. The van der Waals surface area contributed by atoms with Gasteiger partial charge in [-0.3, -0.25) is 9.59 Å². The van der Waals surface area contributed by atoms with Crippen molar-refractivity contribution in [3.8, 4) is 0 Å². The van der Waals surface area contributed by atoms with Crippen LogP contribution in [0.25, 0.3) is 0 Å². The minimum atomic E-state index is -0.146. The van der Waals surface area contributed by atoms with Crippen LogP contribution >= 0.6 is 11.3 Å². The van der Waals surface area contributed by atoms with Crippen LogP contribution in [0.2, 0.25) is 0 Å². The van der Waals surface area contributed by atoms with E-state index in [0.29, 0.717) is 17.1 Å². The van der Waals surface area contributed by atoms with Crippen molar-refractivity contribution in [1.82, 2.24) is 9.55 Å². The Labute approximate surface area is 144 Å². The van der Waals surface area contributed by atoms with E-state index in [9.17, 15) is 9.59 Å². The number of rotatable bonds is 5. The van der Waals surface area contributed by atoms with E-state index in [2.05, 4.69) is 10.3 Å². The number of thiophene rings is 1. The van der Waals surface area contributed by atoms with Gasteiger partial charge in [0.15, 0.2) is 5.82 Å². The molecule has 6 heteroatoms. The summed E-state index contributed by atoms with van der Waals surface area (Å²) in [5.74, 6) is 0.120. The molecule has 0 radical (unpaired) electrons. The maximum Gasteiger partial charge on any atom is 0.266 e. The van der Waals surface area contributed by atoms with E-state index in [0.717, 1.165) is 16.9 Å². The van der Waals surface area contributed by atoms with E-state index in [1.54, 1.807) is 48.3 Å². The van der Waals surface area contributed by atoms with E-state index in [4.69, 9.17) is 0 Å². The monoisotopic (exact) mass is 339 g/mol. The standard InChI is InChI=1S/C18H17N3O2S/c1-3-12-8-11-24-16(12)18(23)20-14-6-4-13(5-7-14)15(22)17-19-9-10-21(17)2/h4-11H,3H2,1-2H3,(H,20,23). The van der Waals surface area contributed by atoms with Gasteiger partial charge in [-0.05, 0) is 47.7 Å². The summed E-state index contributed by atoms with van der Waals surface area (Å²) in [4.78, 5) is 29.5. The second-order valence-electron chi connectivity index (χ2n) is 5.35. The van der Waals surface area contributed by atoms with Crippen LogP contribution in [-0.4, -0.2) is 21.2 Å². The smallest absolute Gasteiger partial charge is 0.266 e. The first-order valence-electron chi connectivity index (χ1n) is 7.60. The Hall–Kier alpha value is -2.73. The number of carbonyl (C=O) groups is 2. The molecule has 1 N–H and O–H groups in total. The first kappa shape index (κ1) is 16.1. The summed E-state index contributed by atoms with van der Waals surface area (Å²) < 4.78 is 1.68. The van der Waals surface area contributed by atoms with Crippen molar-refractivity contribution in [3.05, 3.63) is 69.9 Å². The van der Waals surface area contributed by atoms with Crippen molar-refractivity contribution >= 4 is 28.7 Å². The van der Waals surface area contributed by atoms with Gasteiger partial charge in [-0.1, -0.05) is 6.92 Å². The Morgan fingerprint density at radius 3 is 2.58 bits per heavy atom. The number of ketones is 1. The minimum absolute atomic E-state index is 0.120. The maximum absolute atomic E-state index is 12.4. The molecule has 1 amide bonds. The number of amides is 1. The van der Waals surface area contributed by atoms with E-state index in [1.165, 1.54) is 11.3 Å². The highest BCUT2D eigenvalue weighted by atomic mass is 32.1. The fourth-order valence-corrected chi connectivity index (χ4v) is 3.31. The van der Waals surface area contributed by atoms with Crippen LogP contribution < -0.4 is 5.32 Å². The Morgan fingerprint density at radius 2 is 1.96 bits per heavy atom. The number of anilines is 1. The summed E-state index contributed by atoms with van der Waals surface area (Å²) in [5.41, 5.74) is 2.23. The van der Waals surface area contributed by atoms with Crippen molar-refractivity contribution in [3.63, 3.8) is 0 Å². The summed E-state index contributed by atoms with van der Waals surface area (Å²) in [7, 11) is 1.78. The second-order valence-corrected chi connectivity index (χ2v) is 6.27. The average molecular weight is 339 g/mol. The fourth-order valence-electron chi connectivity index (χ4n) is 2.42. The van der Waals surface area contributed by atoms with E-state index >= 15 is 0 Å². The molecule has 3 aromatic rings. The molecular weight excluding hydrogens is 322 g/mol. The fraction of sp³-hybridized carbons (Fsp3) is 0.167. The van der Waals surface area contributed by atoms with Gasteiger partial charge < -0.3 is 9.88 Å². The van der Waals surface area contributed by atoms with Gasteiger partial charge in [0, 0.05) is 30.7 Å². The number of aryl methyl sites for hydroxylation is 2. The summed E-state index contributed by atoms with van der Waals surface area (Å²) >= 11 is 1.43. The number of aromatic nitrogens is 2. The normalized spacial score (nSPS) is 10.6. The highest BCUT2D eigenvalue weighted by Gasteiger charge is 2.15. The first-order chi connectivity index (χ1) is 11.6. The van der Waals surface area contributed by atoms with Gasteiger partial charge in [-0.25, -0.2) is 4.98 Å². The van der Waals surface area contributed by atoms with E-state index in [1.807, 2.05) is 18.4 Å². The number of hydrogen-bond acceptors (Lipinski definition) is 4. The van der Waals surface area contributed by atoms with Gasteiger partial charge in [0.2, 0.25) is 5.78 Å². The number of hydrogen-bond donors (Lipinski definition) is 1. The highest BCUT2D eigenvalue weighted by Crippen LogP contribution is 2.20. The number of imidazole rings is 1. The van der Waals surface area contributed by atoms with Crippen molar-refractivity contribution < 1.29 is 9.59 Å². The number of carbonyl (C=O) groups excluding carboxylic acids is 2. The van der Waals surface area contributed by atoms with Crippen molar-refractivity contribution in [1.29, 1.82) is 0 Å². The highest BCUT2D eigenvalue weighted by molar-refractivity contribution is 7.12. The molecule has 122 valence electrons. The lowest BCUT2D eigenvalue weighted by molar-refractivity contribution is 0.102. The Kier molecular flexibility index (Phi) is 4.57. The SMILES string of the molecule is CCc1ccsc1C(=O)Nc1ccc(C(=O)c2nccn2C)cc1. The molecule has 0 aliphatic rings. The summed E-state index contributed by atoms with van der Waals surface area (Å²) in [6.07, 6.45) is 4.14. The van der Waals surface area contributed by atoms with Gasteiger partial charge in [-0.15, -0.1) is 11.3 Å². The summed E-state index contributed by atoms with van der Waals surface area (Å²) in [5, 5.41) is 4.79. The second kappa shape index (κ2) is 6.80. The molecule has 0 aliphatic carbocycles. The molecule has 2 heterocycles.